The van der Waals surface area contributed by atoms with Gasteiger partial charge in [0.15, 0.2) is 0 Å². The Hall–Kier alpha value is -1.16. The van der Waals surface area contributed by atoms with Crippen molar-refractivity contribution >= 4 is 17.7 Å². The monoisotopic (exact) mass is 254 g/mol. The topological polar surface area (TPSA) is 35.5 Å². The molecule has 0 heterocycles. The molecule has 0 unspecified atom stereocenters. The summed E-state index contributed by atoms with van der Waals surface area (Å²) < 4.78 is 10.4. The van der Waals surface area contributed by atoms with Crippen LogP contribution in [0.1, 0.15) is 12.5 Å². The van der Waals surface area contributed by atoms with Crippen LogP contribution in [0.5, 0.6) is 5.75 Å². The first-order chi connectivity index (χ1) is 8.26. The summed E-state index contributed by atoms with van der Waals surface area (Å²) in [6.45, 7) is 3.07. The lowest BCUT2D eigenvalue weighted by Gasteiger charge is -2.05. The van der Waals surface area contributed by atoms with Crippen molar-refractivity contribution in [3.8, 4) is 5.75 Å². The average molecular weight is 254 g/mol. The highest BCUT2D eigenvalue weighted by Crippen LogP contribution is 2.12. The van der Waals surface area contributed by atoms with E-state index in [9.17, 15) is 4.79 Å². The van der Waals surface area contributed by atoms with Crippen molar-refractivity contribution in [2.45, 2.75) is 13.3 Å². The van der Waals surface area contributed by atoms with Crippen molar-refractivity contribution in [1.29, 1.82) is 0 Å². The number of hydrogen-bond donors (Lipinski definition) is 0. The largest absolute Gasteiger partial charge is 0.494 e. The predicted octanol–water partition coefficient (Wildman–Crippen LogP) is 2.53. The highest BCUT2D eigenvalue weighted by Gasteiger charge is 2.04. The Morgan fingerprint density at radius 1 is 1.29 bits per heavy atom. The van der Waals surface area contributed by atoms with Gasteiger partial charge in [-0.3, -0.25) is 4.79 Å². The lowest BCUT2D eigenvalue weighted by atomic mass is 10.1. The summed E-state index contributed by atoms with van der Waals surface area (Å²) in [5.74, 6) is 1.49. The number of hydrogen-bond acceptors (Lipinski definition) is 4. The van der Waals surface area contributed by atoms with Crippen molar-refractivity contribution < 1.29 is 14.3 Å². The summed E-state index contributed by atoms with van der Waals surface area (Å²) in [5.41, 5.74) is 0.947. The van der Waals surface area contributed by atoms with E-state index < -0.39 is 0 Å². The minimum absolute atomic E-state index is 0.178. The van der Waals surface area contributed by atoms with Crippen LogP contribution < -0.4 is 4.74 Å². The minimum Gasteiger partial charge on any atom is -0.494 e. The van der Waals surface area contributed by atoms with Gasteiger partial charge < -0.3 is 9.47 Å². The Balaban J connectivity index is 2.37. The summed E-state index contributed by atoms with van der Waals surface area (Å²) in [7, 11) is 0. The smallest absolute Gasteiger partial charge is 0.310 e. The molecule has 0 bridgehead atoms. The molecule has 0 amide bonds. The third kappa shape index (κ3) is 5.63. The van der Waals surface area contributed by atoms with E-state index in [1.165, 1.54) is 0 Å². The zero-order valence-electron chi connectivity index (χ0n) is 10.3. The number of carbonyl (C=O) groups excluding carboxylic acids is 1. The molecule has 0 aliphatic rings. The summed E-state index contributed by atoms with van der Waals surface area (Å²) in [6, 6.07) is 7.52. The van der Waals surface area contributed by atoms with Crippen molar-refractivity contribution in [1.82, 2.24) is 0 Å². The van der Waals surface area contributed by atoms with E-state index in [2.05, 4.69) is 0 Å². The van der Waals surface area contributed by atoms with E-state index in [1.54, 1.807) is 11.8 Å². The van der Waals surface area contributed by atoms with Gasteiger partial charge in [-0.05, 0) is 30.9 Å². The first-order valence-electron chi connectivity index (χ1n) is 5.62. The fourth-order valence-corrected chi connectivity index (χ4v) is 1.58. The molecule has 0 N–H and O–H groups in total. The van der Waals surface area contributed by atoms with Crippen LogP contribution in [0, 0.1) is 0 Å². The SMILES string of the molecule is CCOc1ccc(CC(=O)OCCSC)cc1. The number of rotatable bonds is 7. The summed E-state index contributed by atoms with van der Waals surface area (Å²) >= 11 is 1.66. The third-order valence-electron chi connectivity index (χ3n) is 2.13. The number of carbonyl (C=O) groups is 1. The van der Waals surface area contributed by atoms with Gasteiger partial charge in [-0.15, -0.1) is 0 Å². The second-order valence-electron chi connectivity index (χ2n) is 3.47. The van der Waals surface area contributed by atoms with Gasteiger partial charge in [-0.25, -0.2) is 0 Å². The van der Waals surface area contributed by atoms with Gasteiger partial charge in [0, 0.05) is 5.75 Å². The van der Waals surface area contributed by atoms with E-state index in [1.807, 2.05) is 37.4 Å². The molecule has 0 aliphatic heterocycles. The van der Waals surface area contributed by atoms with Gasteiger partial charge in [0.25, 0.3) is 0 Å². The lowest BCUT2D eigenvalue weighted by Crippen LogP contribution is -2.10. The highest BCUT2D eigenvalue weighted by molar-refractivity contribution is 7.98. The molecule has 3 nitrogen and oxygen atoms in total. The van der Waals surface area contributed by atoms with Gasteiger partial charge in [0.05, 0.1) is 13.0 Å². The van der Waals surface area contributed by atoms with Crippen molar-refractivity contribution in [3.63, 3.8) is 0 Å². The van der Waals surface area contributed by atoms with E-state index in [4.69, 9.17) is 9.47 Å². The number of esters is 1. The second kappa shape index (κ2) is 8.01. The predicted molar refractivity (Wildman–Crippen MR) is 70.7 cm³/mol. The maximum absolute atomic E-state index is 11.4. The van der Waals surface area contributed by atoms with Crippen molar-refractivity contribution in [2.24, 2.45) is 0 Å². The van der Waals surface area contributed by atoms with E-state index in [0.29, 0.717) is 19.6 Å². The lowest BCUT2D eigenvalue weighted by molar-refractivity contribution is -0.142. The minimum atomic E-state index is -0.178. The molecule has 17 heavy (non-hydrogen) atoms. The Bertz CT molecular complexity index is 335. The molecule has 0 radical (unpaired) electrons. The molecule has 0 aromatic heterocycles. The first-order valence-corrected chi connectivity index (χ1v) is 7.02. The van der Waals surface area contributed by atoms with Gasteiger partial charge >= 0.3 is 5.97 Å². The molecule has 1 aromatic carbocycles. The van der Waals surface area contributed by atoms with Gasteiger partial charge in [0.1, 0.15) is 12.4 Å². The summed E-state index contributed by atoms with van der Waals surface area (Å²) in [4.78, 5) is 11.4. The Morgan fingerprint density at radius 2 is 2.00 bits per heavy atom. The van der Waals surface area contributed by atoms with Crippen LogP contribution in [0.3, 0.4) is 0 Å². The zero-order chi connectivity index (χ0) is 12.5. The maximum Gasteiger partial charge on any atom is 0.310 e. The van der Waals surface area contributed by atoms with Crippen LogP contribution in [0.25, 0.3) is 0 Å². The van der Waals surface area contributed by atoms with Crippen molar-refractivity contribution in [3.05, 3.63) is 29.8 Å². The summed E-state index contributed by atoms with van der Waals surface area (Å²) in [5, 5.41) is 0. The second-order valence-corrected chi connectivity index (χ2v) is 4.45. The van der Waals surface area contributed by atoms with E-state index >= 15 is 0 Å². The summed E-state index contributed by atoms with van der Waals surface area (Å²) in [6.07, 6.45) is 2.31. The molecular weight excluding hydrogens is 236 g/mol. The van der Waals surface area contributed by atoms with E-state index in [0.717, 1.165) is 17.1 Å². The number of thioether (sulfide) groups is 1. The van der Waals surface area contributed by atoms with Gasteiger partial charge in [0.2, 0.25) is 0 Å². The highest BCUT2D eigenvalue weighted by atomic mass is 32.2. The van der Waals surface area contributed by atoms with E-state index in [-0.39, 0.29) is 5.97 Å². The van der Waals surface area contributed by atoms with Crippen LogP contribution >= 0.6 is 11.8 Å². The molecule has 0 spiro atoms. The van der Waals surface area contributed by atoms with Crippen molar-refractivity contribution in [2.75, 3.05) is 25.2 Å². The molecule has 94 valence electrons. The Morgan fingerprint density at radius 3 is 2.59 bits per heavy atom. The molecule has 0 fully saturated rings. The van der Waals surface area contributed by atoms with Crippen LogP contribution in [-0.4, -0.2) is 31.2 Å². The number of benzene rings is 1. The normalized spacial score (nSPS) is 10.0. The average Bonchev–Trinajstić information content (AvgIpc) is 2.32. The van der Waals surface area contributed by atoms with Crippen LogP contribution in [0.15, 0.2) is 24.3 Å². The number of ether oxygens (including phenoxy) is 2. The van der Waals surface area contributed by atoms with Crippen LogP contribution in [0.2, 0.25) is 0 Å². The fourth-order valence-electron chi connectivity index (χ4n) is 1.33. The molecule has 4 heteroatoms. The molecule has 1 aromatic rings. The third-order valence-corrected chi connectivity index (χ3v) is 2.71. The molecule has 0 aliphatic carbocycles. The van der Waals surface area contributed by atoms with Gasteiger partial charge in [-0.1, -0.05) is 12.1 Å². The standard InChI is InChI=1S/C13H18O3S/c1-3-15-12-6-4-11(5-7-12)10-13(14)16-8-9-17-2/h4-7H,3,8-10H2,1-2H3. The molecular formula is C13H18O3S. The molecule has 0 atom stereocenters. The van der Waals surface area contributed by atoms with Gasteiger partial charge in [-0.2, -0.15) is 11.8 Å². The Kier molecular flexibility index (Phi) is 6.55. The van der Waals surface area contributed by atoms with Crippen LogP contribution in [-0.2, 0) is 16.0 Å². The molecule has 0 saturated carbocycles. The zero-order valence-corrected chi connectivity index (χ0v) is 11.1. The maximum atomic E-state index is 11.4. The Labute approximate surface area is 106 Å². The quantitative estimate of drug-likeness (QED) is 0.553. The fraction of sp³-hybridized carbons (Fsp3) is 0.462. The first kappa shape index (κ1) is 13.9. The molecule has 0 saturated heterocycles. The molecule has 1 rings (SSSR count). The van der Waals surface area contributed by atoms with Crippen LogP contribution in [0.4, 0.5) is 0 Å².